The van der Waals surface area contributed by atoms with Crippen LogP contribution in [0.4, 0.5) is 10.5 Å². The Morgan fingerprint density at radius 2 is 1.86 bits per heavy atom. The van der Waals surface area contributed by atoms with Gasteiger partial charge in [0.25, 0.3) is 0 Å². The Morgan fingerprint density at radius 1 is 1.18 bits per heavy atom. The first-order valence-electron chi connectivity index (χ1n) is 6.90. The molecule has 22 heavy (non-hydrogen) atoms. The quantitative estimate of drug-likeness (QED) is 0.921. The van der Waals surface area contributed by atoms with Crippen LogP contribution in [0.15, 0.2) is 54.6 Å². The fraction of sp³-hybridized carbons (Fsp3) is 0.176. The number of ether oxygens (including phenoxy) is 1. The van der Waals surface area contributed by atoms with Crippen LogP contribution in [0.3, 0.4) is 0 Å². The molecular weight excluding hydrogens is 278 g/mol. The Balaban J connectivity index is 1.83. The molecule has 0 heterocycles. The van der Waals surface area contributed by atoms with E-state index in [9.17, 15) is 4.79 Å². The minimum absolute atomic E-state index is 0.278. The smallest absolute Gasteiger partial charge is 0.321 e. The highest BCUT2D eigenvalue weighted by molar-refractivity contribution is 5.90. The fourth-order valence-electron chi connectivity index (χ4n) is 1.82. The van der Waals surface area contributed by atoms with E-state index in [4.69, 9.17) is 10.00 Å². The lowest BCUT2D eigenvalue weighted by Gasteiger charge is -2.18. The van der Waals surface area contributed by atoms with Crippen molar-refractivity contribution in [2.75, 3.05) is 25.5 Å². The van der Waals surface area contributed by atoms with Gasteiger partial charge in [0.2, 0.25) is 0 Å². The number of nitriles is 1. The predicted molar refractivity (Wildman–Crippen MR) is 84.7 cm³/mol. The molecular formula is C17H17N3O2. The highest BCUT2D eigenvalue weighted by Gasteiger charge is 2.10. The third-order valence-corrected chi connectivity index (χ3v) is 3.07. The normalized spacial score (nSPS) is 9.64. The standard InChI is InChI=1S/C17H17N3O2/c1-20(11-12-22-15-8-3-2-4-9-15)17(21)19-16-10-6-5-7-14(16)13-18/h2-10H,11-12H2,1H3,(H,19,21). The second-order valence-corrected chi connectivity index (χ2v) is 4.67. The lowest BCUT2D eigenvalue weighted by atomic mass is 10.2. The van der Waals surface area contributed by atoms with Crippen LogP contribution in [-0.2, 0) is 0 Å². The molecule has 0 unspecified atom stereocenters. The summed E-state index contributed by atoms with van der Waals surface area (Å²) in [5.74, 6) is 0.770. The van der Waals surface area contributed by atoms with E-state index in [1.807, 2.05) is 36.4 Å². The minimum Gasteiger partial charge on any atom is -0.492 e. The van der Waals surface area contributed by atoms with Crippen molar-refractivity contribution in [1.82, 2.24) is 4.90 Å². The number of benzene rings is 2. The fourth-order valence-corrected chi connectivity index (χ4v) is 1.82. The molecule has 2 aromatic rings. The monoisotopic (exact) mass is 295 g/mol. The average Bonchev–Trinajstić information content (AvgIpc) is 2.56. The number of carbonyl (C=O) groups is 1. The van der Waals surface area contributed by atoms with Crippen LogP contribution < -0.4 is 10.1 Å². The van der Waals surface area contributed by atoms with Gasteiger partial charge in [-0.1, -0.05) is 30.3 Å². The Kier molecular flexibility index (Phi) is 5.38. The summed E-state index contributed by atoms with van der Waals surface area (Å²) >= 11 is 0. The number of hydrogen-bond acceptors (Lipinski definition) is 3. The molecule has 5 heteroatoms. The van der Waals surface area contributed by atoms with Crippen molar-refractivity contribution >= 4 is 11.7 Å². The number of urea groups is 1. The van der Waals surface area contributed by atoms with E-state index in [0.29, 0.717) is 24.4 Å². The van der Waals surface area contributed by atoms with Gasteiger partial charge in [0.1, 0.15) is 18.4 Å². The summed E-state index contributed by atoms with van der Waals surface area (Å²) in [4.78, 5) is 13.6. The van der Waals surface area contributed by atoms with Gasteiger partial charge >= 0.3 is 6.03 Å². The van der Waals surface area contributed by atoms with E-state index in [2.05, 4.69) is 5.32 Å². The van der Waals surface area contributed by atoms with Gasteiger partial charge in [-0.2, -0.15) is 5.26 Å². The highest BCUT2D eigenvalue weighted by Crippen LogP contribution is 2.14. The summed E-state index contributed by atoms with van der Waals surface area (Å²) in [5.41, 5.74) is 0.940. The Morgan fingerprint density at radius 3 is 2.59 bits per heavy atom. The van der Waals surface area contributed by atoms with Crippen LogP contribution in [0, 0.1) is 11.3 Å². The zero-order valence-electron chi connectivity index (χ0n) is 12.3. The van der Waals surface area contributed by atoms with E-state index >= 15 is 0 Å². The summed E-state index contributed by atoms with van der Waals surface area (Å²) in [5, 5.41) is 11.7. The van der Waals surface area contributed by atoms with Gasteiger partial charge in [0.05, 0.1) is 17.8 Å². The molecule has 0 aliphatic heterocycles. The van der Waals surface area contributed by atoms with Gasteiger partial charge in [0.15, 0.2) is 0 Å². The number of hydrogen-bond donors (Lipinski definition) is 1. The zero-order valence-corrected chi connectivity index (χ0v) is 12.3. The number of amides is 2. The third-order valence-electron chi connectivity index (χ3n) is 3.07. The predicted octanol–water partition coefficient (Wildman–Crippen LogP) is 3.10. The molecule has 0 bridgehead atoms. The van der Waals surface area contributed by atoms with Gasteiger partial charge in [-0.3, -0.25) is 0 Å². The molecule has 0 fully saturated rings. The first kappa shape index (κ1) is 15.4. The van der Waals surface area contributed by atoms with Crippen molar-refractivity contribution in [3.63, 3.8) is 0 Å². The summed E-state index contributed by atoms with van der Waals surface area (Å²) < 4.78 is 5.55. The maximum Gasteiger partial charge on any atom is 0.321 e. The van der Waals surface area contributed by atoms with Gasteiger partial charge < -0.3 is 15.0 Å². The maximum atomic E-state index is 12.1. The highest BCUT2D eigenvalue weighted by atomic mass is 16.5. The molecule has 0 aliphatic rings. The lowest BCUT2D eigenvalue weighted by molar-refractivity contribution is 0.207. The molecule has 0 atom stereocenters. The molecule has 0 radical (unpaired) electrons. The summed E-state index contributed by atoms with van der Waals surface area (Å²) in [6.45, 7) is 0.837. The van der Waals surface area contributed by atoms with E-state index in [1.165, 1.54) is 4.90 Å². The number of anilines is 1. The van der Waals surface area contributed by atoms with Crippen molar-refractivity contribution in [3.05, 3.63) is 60.2 Å². The molecule has 1 N–H and O–H groups in total. The van der Waals surface area contributed by atoms with Crippen LogP contribution in [-0.4, -0.2) is 31.1 Å². The van der Waals surface area contributed by atoms with Gasteiger partial charge in [-0.15, -0.1) is 0 Å². The molecule has 0 aromatic heterocycles. The van der Waals surface area contributed by atoms with E-state index < -0.39 is 0 Å². The number of rotatable bonds is 5. The molecule has 2 rings (SSSR count). The van der Waals surface area contributed by atoms with Crippen molar-refractivity contribution in [3.8, 4) is 11.8 Å². The third kappa shape index (κ3) is 4.25. The van der Waals surface area contributed by atoms with Crippen LogP contribution in [0.5, 0.6) is 5.75 Å². The van der Waals surface area contributed by atoms with Crippen molar-refractivity contribution in [2.24, 2.45) is 0 Å². The van der Waals surface area contributed by atoms with Crippen molar-refractivity contribution in [2.45, 2.75) is 0 Å². The Labute approximate surface area is 129 Å². The average molecular weight is 295 g/mol. The van der Waals surface area contributed by atoms with Crippen LogP contribution >= 0.6 is 0 Å². The molecule has 112 valence electrons. The van der Waals surface area contributed by atoms with Crippen molar-refractivity contribution in [1.29, 1.82) is 5.26 Å². The van der Waals surface area contributed by atoms with Gasteiger partial charge in [-0.05, 0) is 24.3 Å². The molecule has 0 saturated carbocycles. The summed E-state index contributed by atoms with van der Waals surface area (Å²) in [6.07, 6.45) is 0. The molecule has 0 saturated heterocycles. The molecule has 2 aromatic carbocycles. The number of nitrogens with zero attached hydrogens (tertiary/aromatic N) is 2. The number of nitrogens with one attached hydrogen (secondary N) is 1. The topological polar surface area (TPSA) is 65.4 Å². The van der Waals surface area contributed by atoms with E-state index in [1.54, 1.807) is 31.3 Å². The minimum atomic E-state index is -0.278. The molecule has 0 spiro atoms. The second kappa shape index (κ2) is 7.70. The SMILES string of the molecule is CN(CCOc1ccccc1)C(=O)Nc1ccccc1C#N. The van der Waals surface area contributed by atoms with Gasteiger partial charge in [0, 0.05) is 7.05 Å². The summed E-state index contributed by atoms with van der Waals surface area (Å²) in [7, 11) is 1.68. The van der Waals surface area contributed by atoms with Gasteiger partial charge in [-0.25, -0.2) is 4.79 Å². The van der Waals surface area contributed by atoms with Crippen LogP contribution in [0.25, 0.3) is 0 Å². The molecule has 5 nitrogen and oxygen atoms in total. The number of carbonyl (C=O) groups excluding carboxylic acids is 1. The first-order valence-corrected chi connectivity index (χ1v) is 6.90. The molecule has 0 aliphatic carbocycles. The van der Waals surface area contributed by atoms with Crippen LogP contribution in [0.2, 0.25) is 0 Å². The lowest BCUT2D eigenvalue weighted by Crippen LogP contribution is -2.34. The van der Waals surface area contributed by atoms with E-state index in [-0.39, 0.29) is 6.03 Å². The van der Waals surface area contributed by atoms with E-state index in [0.717, 1.165) is 5.75 Å². The number of para-hydroxylation sites is 2. The maximum absolute atomic E-state index is 12.1. The largest absolute Gasteiger partial charge is 0.492 e. The Bertz CT molecular complexity index is 665. The first-order chi connectivity index (χ1) is 10.7. The second-order valence-electron chi connectivity index (χ2n) is 4.67. The zero-order chi connectivity index (χ0) is 15.8. The number of likely N-dealkylation sites (N-methyl/N-ethyl adjacent to an activating group) is 1. The Hall–Kier alpha value is -3.00. The van der Waals surface area contributed by atoms with Crippen LogP contribution in [0.1, 0.15) is 5.56 Å². The summed E-state index contributed by atoms with van der Waals surface area (Å²) in [6, 6.07) is 18.1. The van der Waals surface area contributed by atoms with Crippen molar-refractivity contribution < 1.29 is 9.53 Å². The molecule has 2 amide bonds.